The van der Waals surface area contributed by atoms with E-state index >= 15 is 0 Å². The Morgan fingerprint density at radius 1 is 0.852 bits per heavy atom. The number of urea groups is 1. The SMILES string of the molecule is O=C(Nc1ccccc1)N1CCN(C(=O)C2COc3ccccc3O2)CC1. The second-order valence-corrected chi connectivity index (χ2v) is 6.47. The number of nitrogens with zero attached hydrogens (tertiary/aromatic N) is 2. The van der Waals surface area contributed by atoms with Crippen LogP contribution in [0.25, 0.3) is 0 Å². The van der Waals surface area contributed by atoms with Crippen molar-refractivity contribution in [2.24, 2.45) is 0 Å². The van der Waals surface area contributed by atoms with E-state index in [0.717, 1.165) is 5.69 Å². The summed E-state index contributed by atoms with van der Waals surface area (Å²) in [6, 6.07) is 16.5. The highest BCUT2D eigenvalue weighted by atomic mass is 16.6. The van der Waals surface area contributed by atoms with Gasteiger partial charge in [-0.3, -0.25) is 4.79 Å². The minimum Gasteiger partial charge on any atom is -0.485 e. The average molecular weight is 367 g/mol. The van der Waals surface area contributed by atoms with E-state index in [-0.39, 0.29) is 18.5 Å². The molecule has 7 heteroatoms. The number of amides is 3. The van der Waals surface area contributed by atoms with Gasteiger partial charge in [-0.25, -0.2) is 4.79 Å². The van der Waals surface area contributed by atoms with Crippen LogP contribution in [0.5, 0.6) is 11.5 Å². The molecule has 2 aliphatic rings. The van der Waals surface area contributed by atoms with Crippen molar-refractivity contribution in [1.82, 2.24) is 9.80 Å². The number of nitrogens with one attached hydrogen (secondary N) is 1. The van der Waals surface area contributed by atoms with Crippen LogP contribution in [0.2, 0.25) is 0 Å². The van der Waals surface area contributed by atoms with Crippen molar-refractivity contribution in [3.05, 3.63) is 54.6 Å². The predicted octanol–water partition coefficient (Wildman–Crippen LogP) is 2.20. The second kappa shape index (κ2) is 7.57. The zero-order valence-corrected chi connectivity index (χ0v) is 14.8. The maximum absolute atomic E-state index is 12.7. The summed E-state index contributed by atoms with van der Waals surface area (Å²) in [6.07, 6.45) is -0.649. The first-order valence-electron chi connectivity index (χ1n) is 8.99. The molecule has 2 aromatic rings. The molecule has 0 saturated carbocycles. The number of ether oxygens (including phenoxy) is 2. The maximum atomic E-state index is 12.7. The first kappa shape index (κ1) is 17.2. The third-order valence-corrected chi connectivity index (χ3v) is 4.69. The molecule has 0 aromatic heterocycles. The lowest BCUT2D eigenvalue weighted by Gasteiger charge is -2.37. The largest absolute Gasteiger partial charge is 0.485 e. The van der Waals surface area contributed by atoms with Gasteiger partial charge in [-0.15, -0.1) is 0 Å². The van der Waals surface area contributed by atoms with Crippen molar-refractivity contribution >= 4 is 17.6 Å². The molecule has 140 valence electrons. The van der Waals surface area contributed by atoms with Gasteiger partial charge in [0.15, 0.2) is 11.5 Å². The van der Waals surface area contributed by atoms with Crippen LogP contribution < -0.4 is 14.8 Å². The van der Waals surface area contributed by atoms with Gasteiger partial charge in [0.25, 0.3) is 5.91 Å². The number of piperazine rings is 1. The Morgan fingerprint density at radius 3 is 2.22 bits per heavy atom. The third-order valence-electron chi connectivity index (χ3n) is 4.69. The van der Waals surface area contributed by atoms with E-state index in [2.05, 4.69) is 5.32 Å². The standard InChI is InChI=1S/C20H21N3O4/c24-19(18-14-26-16-8-4-5-9-17(16)27-18)22-10-12-23(13-11-22)20(25)21-15-6-2-1-3-7-15/h1-9,18H,10-14H2,(H,21,25). The Hall–Kier alpha value is -3.22. The number of benzene rings is 2. The predicted molar refractivity (Wildman–Crippen MR) is 100.0 cm³/mol. The summed E-state index contributed by atoms with van der Waals surface area (Å²) in [5.41, 5.74) is 0.757. The quantitative estimate of drug-likeness (QED) is 0.883. The van der Waals surface area contributed by atoms with Gasteiger partial charge in [0.2, 0.25) is 6.10 Å². The lowest BCUT2D eigenvalue weighted by Crippen LogP contribution is -2.55. The van der Waals surface area contributed by atoms with Crippen LogP contribution in [-0.2, 0) is 4.79 Å². The van der Waals surface area contributed by atoms with E-state index in [1.165, 1.54) is 0 Å². The fourth-order valence-corrected chi connectivity index (χ4v) is 3.20. The molecule has 1 unspecified atom stereocenters. The molecule has 1 saturated heterocycles. The smallest absolute Gasteiger partial charge is 0.321 e. The van der Waals surface area contributed by atoms with Gasteiger partial charge in [-0.1, -0.05) is 30.3 Å². The summed E-state index contributed by atoms with van der Waals surface area (Å²) in [7, 11) is 0. The van der Waals surface area contributed by atoms with Gasteiger partial charge >= 0.3 is 6.03 Å². The number of carbonyl (C=O) groups excluding carboxylic acids is 2. The van der Waals surface area contributed by atoms with Gasteiger partial charge in [-0.05, 0) is 24.3 Å². The zero-order chi connectivity index (χ0) is 18.6. The van der Waals surface area contributed by atoms with Gasteiger partial charge < -0.3 is 24.6 Å². The molecule has 2 aromatic carbocycles. The molecule has 4 rings (SSSR count). The molecule has 0 bridgehead atoms. The highest BCUT2D eigenvalue weighted by Gasteiger charge is 2.33. The highest BCUT2D eigenvalue weighted by molar-refractivity contribution is 5.89. The summed E-state index contributed by atoms with van der Waals surface area (Å²) in [6.45, 7) is 2.11. The Balaban J connectivity index is 1.30. The minimum atomic E-state index is -0.649. The number of hydrogen-bond donors (Lipinski definition) is 1. The molecule has 7 nitrogen and oxygen atoms in total. The number of anilines is 1. The van der Waals surface area contributed by atoms with Crippen molar-refractivity contribution in [1.29, 1.82) is 0 Å². The maximum Gasteiger partial charge on any atom is 0.321 e. The van der Waals surface area contributed by atoms with Crippen LogP contribution in [0, 0.1) is 0 Å². The summed E-state index contributed by atoms with van der Waals surface area (Å²) in [4.78, 5) is 28.5. The van der Waals surface area contributed by atoms with E-state index in [9.17, 15) is 9.59 Å². The minimum absolute atomic E-state index is 0.104. The topological polar surface area (TPSA) is 71.1 Å². The normalized spacial score (nSPS) is 18.7. The Kier molecular flexibility index (Phi) is 4.82. The Bertz CT molecular complexity index is 819. The fourth-order valence-electron chi connectivity index (χ4n) is 3.20. The van der Waals surface area contributed by atoms with Crippen LogP contribution in [0.4, 0.5) is 10.5 Å². The molecule has 1 fully saturated rings. The highest BCUT2D eigenvalue weighted by Crippen LogP contribution is 2.31. The van der Waals surface area contributed by atoms with Crippen molar-refractivity contribution in [2.75, 3.05) is 38.1 Å². The first-order valence-corrected chi connectivity index (χ1v) is 8.99. The van der Waals surface area contributed by atoms with E-state index in [0.29, 0.717) is 37.7 Å². The van der Waals surface area contributed by atoms with E-state index < -0.39 is 6.10 Å². The van der Waals surface area contributed by atoms with Gasteiger partial charge in [0.05, 0.1) is 0 Å². The molecule has 3 amide bonds. The van der Waals surface area contributed by atoms with Gasteiger partial charge in [-0.2, -0.15) is 0 Å². The third kappa shape index (κ3) is 3.81. The van der Waals surface area contributed by atoms with E-state index in [4.69, 9.17) is 9.47 Å². The number of rotatable bonds is 2. The number of fused-ring (bicyclic) bond motifs is 1. The van der Waals surface area contributed by atoms with Crippen LogP contribution in [0.15, 0.2) is 54.6 Å². The molecule has 2 aliphatic heterocycles. The summed E-state index contributed by atoms with van der Waals surface area (Å²) < 4.78 is 11.4. The van der Waals surface area contributed by atoms with Crippen LogP contribution in [0.3, 0.4) is 0 Å². The molecule has 1 N–H and O–H groups in total. The molecular weight excluding hydrogens is 346 g/mol. The van der Waals surface area contributed by atoms with E-state index in [1.54, 1.807) is 15.9 Å². The average Bonchev–Trinajstić information content (AvgIpc) is 2.73. The fraction of sp³-hybridized carbons (Fsp3) is 0.300. The summed E-state index contributed by atoms with van der Waals surface area (Å²) in [5, 5.41) is 2.87. The molecule has 0 radical (unpaired) electrons. The molecule has 2 heterocycles. The van der Waals surface area contributed by atoms with Crippen LogP contribution in [-0.4, -0.2) is 60.6 Å². The lowest BCUT2D eigenvalue weighted by atomic mass is 10.2. The van der Waals surface area contributed by atoms with Crippen molar-refractivity contribution in [3.8, 4) is 11.5 Å². The van der Waals surface area contributed by atoms with Gasteiger partial charge in [0.1, 0.15) is 6.61 Å². The zero-order valence-electron chi connectivity index (χ0n) is 14.8. The molecule has 27 heavy (non-hydrogen) atoms. The monoisotopic (exact) mass is 367 g/mol. The molecule has 0 spiro atoms. The molecule has 0 aliphatic carbocycles. The Labute approximate surface area is 157 Å². The van der Waals surface area contributed by atoms with E-state index in [1.807, 2.05) is 48.5 Å². The second-order valence-electron chi connectivity index (χ2n) is 6.47. The number of carbonyl (C=O) groups is 2. The van der Waals surface area contributed by atoms with Crippen LogP contribution >= 0.6 is 0 Å². The lowest BCUT2D eigenvalue weighted by molar-refractivity contribution is -0.142. The van der Waals surface area contributed by atoms with Crippen LogP contribution in [0.1, 0.15) is 0 Å². The summed E-state index contributed by atoms with van der Waals surface area (Å²) in [5.74, 6) is 1.14. The number of hydrogen-bond acceptors (Lipinski definition) is 4. The molecular formula is C20H21N3O4. The Morgan fingerprint density at radius 2 is 1.48 bits per heavy atom. The number of para-hydroxylation sites is 3. The van der Waals surface area contributed by atoms with Crippen molar-refractivity contribution in [3.63, 3.8) is 0 Å². The first-order chi connectivity index (χ1) is 13.2. The van der Waals surface area contributed by atoms with Crippen molar-refractivity contribution < 1.29 is 19.1 Å². The van der Waals surface area contributed by atoms with Gasteiger partial charge in [0, 0.05) is 31.9 Å². The molecule has 1 atom stereocenters. The summed E-state index contributed by atoms with van der Waals surface area (Å²) >= 11 is 0. The van der Waals surface area contributed by atoms with Crippen molar-refractivity contribution in [2.45, 2.75) is 6.10 Å².